The Morgan fingerprint density at radius 2 is 2.04 bits per heavy atom. The molecule has 3 aromatic rings. The molecule has 1 N–H and O–H groups in total. The van der Waals surface area contributed by atoms with E-state index in [-0.39, 0.29) is 5.91 Å². The molecule has 1 aromatic carbocycles. The van der Waals surface area contributed by atoms with E-state index in [4.69, 9.17) is 11.6 Å². The van der Waals surface area contributed by atoms with Crippen molar-refractivity contribution in [3.05, 3.63) is 64.1 Å². The number of hydrogen-bond donors (Lipinski definition) is 1. The summed E-state index contributed by atoms with van der Waals surface area (Å²) >= 11 is 6.00. The van der Waals surface area contributed by atoms with Crippen molar-refractivity contribution in [1.29, 1.82) is 0 Å². The van der Waals surface area contributed by atoms with Gasteiger partial charge < -0.3 is 5.32 Å². The van der Waals surface area contributed by atoms with Crippen LogP contribution >= 0.6 is 11.6 Å². The van der Waals surface area contributed by atoms with Crippen molar-refractivity contribution in [2.45, 2.75) is 20.3 Å². The molecule has 0 atom stereocenters. The number of pyridine rings is 1. The Bertz CT molecular complexity index is 991. The van der Waals surface area contributed by atoms with Gasteiger partial charge in [-0.25, -0.2) is 4.98 Å². The lowest BCUT2D eigenvalue weighted by molar-refractivity contribution is -0.116. The number of fused-ring (bicyclic) bond motifs is 1. The van der Waals surface area contributed by atoms with Crippen LogP contribution in [0.3, 0.4) is 0 Å². The van der Waals surface area contributed by atoms with Gasteiger partial charge in [-0.3, -0.25) is 9.48 Å². The first-order chi connectivity index (χ1) is 12.4. The highest BCUT2D eigenvalue weighted by molar-refractivity contribution is 6.31. The van der Waals surface area contributed by atoms with E-state index >= 15 is 0 Å². The van der Waals surface area contributed by atoms with Crippen molar-refractivity contribution in [3.8, 4) is 0 Å². The quantitative estimate of drug-likeness (QED) is 0.700. The number of benzene rings is 1. The second-order valence-corrected chi connectivity index (χ2v) is 6.66. The molecular formula is C20H21ClN4O. The van der Waals surface area contributed by atoms with Gasteiger partial charge in [-0.1, -0.05) is 23.7 Å². The Kier molecular flexibility index (Phi) is 5.38. The summed E-state index contributed by atoms with van der Waals surface area (Å²) in [6.07, 6.45) is 3.97. The third-order valence-electron chi connectivity index (χ3n) is 4.41. The summed E-state index contributed by atoms with van der Waals surface area (Å²) < 4.78 is 1.87. The van der Waals surface area contributed by atoms with Crippen LogP contribution in [0, 0.1) is 13.8 Å². The number of rotatable bonds is 5. The molecule has 134 valence electrons. The van der Waals surface area contributed by atoms with Gasteiger partial charge in [0.15, 0.2) is 0 Å². The third kappa shape index (κ3) is 4.11. The Morgan fingerprint density at radius 1 is 1.27 bits per heavy atom. The van der Waals surface area contributed by atoms with E-state index in [1.807, 2.05) is 55.9 Å². The monoisotopic (exact) mass is 368 g/mol. The summed E-state index contributed by atoms with van der Waals surface area (Å²) in [7, 11) is 1.93. The van der Waals surface area contributed by atoms with Crippen LogP contribution in [-0.4, -0.2) is 27.2 Å². The molecule has 1 amide bonds. The van der Waals surface area contributed by atoms with E-state index in [0.29, 0.717) is 17.3 Å². The zero-order chi connectivity index (χ0) is 18.7. The molecule has 0 saturated carbocycles. The van der Waals surface area contributed by atoms with Gasteiger partial charge in [-0.05, 0) is 50.1 Å². The number of aromatic nitrogens is 3. The van der Waals surface area contributed by atoms with E-state index in [1.54, 1.807) is 6.08 Å². The molecule has 0 aliphatic carbocycles. The summed E-state index contributed by atoms with van der Waals surface area (Å²) in [5.41, 5.74) is 4.85. The molecule has 0 spiro atoms. The summed E-state index contributed by atoms with van der Waals surface area (Å²) in [6, 6.07) is 9.41. The zero-order valence-electron chi connectivity index (χ0n) is 15.1. The van der Waals surface area contributed by atoms with Gasteiger partial charge in [0.05, 0.1) is 16.9 Å². The molecule has 6 heteroatoms. The molecule has 5 nitrogen and oxygen atoms in total. The van der Waals surface area contributed by atoms with Crippen LogP contribution in [0.4, 0.5) is 0 Å². The van der Waals surface area contributed by atoms with Gasteiger partial charge in [-0.2, -0.15) is 5.10 Å². The fourth-order valence-corrected chi connectivity index (χ4v) is 3.08. The zero-order valence-corrected chi connectivity index (χ0v) is 15.8. The lowest BCUT2D eigenvalue weighted by Gasteiger charge is -2.04. The van der Waals surface area contributed by atoms with Crippen LogP contribution in [0.1, 0.15) is 22.6 Å². The third-order valence-corrected chi connectivity index (χ3v) is 4.65. The van der Waals surface area contributed by atoms with Gasteiger partial charge in [0, 0.05) is 35.8 Å². The summed E-state index contributed by atoms with van der Waals surface area (Å²) in [4.78, 5) is 16.5. The van der Waals surface area contributed by atoms with E-state index in [0.717, 1.165) is 28.7 Å². The molecule has 3 rings (SSSR count). The Balaban J connectivity index is 1.59. The largest absolute Gasteiger partial charge is 0.352 e. The van der Waals surface area contributed by atoms with Crippen molar-refractivity contribution in [1.82, 2.24) is 20.1 Å². The second kappa shape index (κ2) is 7.70. The van der Waals surface area contributed by atoms with Crippen molar-refractivity contribution in [3.63, 3.8) is 0 Å². The Morgan fingerprint density at radius 3 is 2.77 bits per heavy atom. The van der Waals surface area contributed by atoms with E-state index in [1.165, 1.54) is 11.6 Å². The highest BCUT2D eigenvalue weighted by atomic mass is 35.5. The molecule has 26 heavy (non-hydrogen) atoms. The molecule has 0 fully saturated rings. The SMILES string of the molecule is Cc1nn(C)c(C)c1CCNC(=O)/C=C/c1ccc2ccc(Cl)cc2n1. The number of halogens is 1. The molecular weight excluding hydrogens is 348 g/mol. The molecule has 0 aliphatic rings. The van der Waals surface area contributed by atoms with Gasteiger partial charge >= 0.3 is 0 Å². The topological polar surface area (TPSA) is 59.8 Å². The number of carbonyl (C=O) groups is 1. The number of nitrogens with one attached hydrogen (secondary N) is 1. The van der Waals surface area contributed by atoms with Gasteiger partial charge in [-0.15, -0.1) is 0 Å². The summed E-state index contributed by atoms with van der Waals surface area (Å²) in [5.74, 6) is -0.141. The standard InChI is InChI=1S/C20H21ClN4O/c1-13-18(14(2)25(3)24-13)10-11-22-20(26)9-8-17-7-5-15-4-6-16(21)12-19(15)23-17/h4-9,12H,10-11H2,1-3H3,(H,22,26)/b9-8+. The maximum Gasteiger partial charge on any atom is 0.244 e. The van der Waals surface area contributed by atoms with E-state index in [9.17, 15) is 4.79 Å². The summed E-state index contributed by atoms with van der Waals surface area (Å²) in [5, 5.41) is 8.94. The highest BCUT2D eigenvalue weighted by Gasteiger charge is 2.09. The fraction of sp³-hybridized carbons (Fsp3) is 0.250. The number of nitrogens with zero attached hydrogens (tertiary/aromatic N) is 3. The highest BCUT2D eigenvalue weighted by Crippen LogP contribution is 2.18. The van der Waals surface area contributed by atoms with Gasteiger partial charge in [0.1, 0.15) is 0 Å². The van der Waals surface area contributed by atoms with Crippen LogP contribution in [0.15, 0.2) is 36.4 Å². The first kappa shape index (κ1) is 18.1. The minimum atomic E-state index is -0.141. The van der Waals surface area contributed by atoms with Crippen LogP contribution in [0.25, 0.3) is 17.0 Å². The number of hydrogen-bond acceptors (Lipinski definition) is 3. The van der Waals surface area contributed by atoms with E-state index < -0.39 is 0 Å². The van der Waals surface area contributed by atoms with Crippen molar-refractivity contribution in [2.75, 3.05) is 6.54 Å². The molecule has 2 heterocycles. The molecule has 2 aromatic heterocycles. The fourth-order valence-electron chi connectivity index (χ4n) is 2.91. The van der Waals surface area contributed by atoms with Gasteiger partial charge in [0.25, 0.3) is 0 Å². The minimum absolute atomic E-state index is 0.141. The van der Waals surface area contributed by atoms with Crippen LogP contribution in [0.5, 0.6) is 0 Å². The molecule has 0 aliphatic heterocycles. The minimum Gasteiger partial charge on any atom is -0.352 e. The van der Waals surface area contributed by atoms with Crippen molar-refractivity contribution >= 4 is 34.5 Å². The van der Waals surface area contributed by atoms with Crippen LogP contribution < -0.4 is 5.32 Å². The normalized spacial score (nSPS) is 11.4. The first-order valence-electron chi connectivity index (χ1n) is 8.45. The maximum absolute atomic E-state index is 12.0. The van der Waals surface area contributed by atoms with Crippen LogP contribution in [-0.2, 0) is 18.3 Å². The molecule has 0 saturated heterocycles. The van der Waals surface area contributed by atoms with Gasteiger partial charge in [0.2, 0.25) is 5.91 Å². The first-order valence-corrected chi connectivity index (χ1v) is 8.83. The molecule has 0 bridgehead atoms. The predicted octanol–water partition coefficient (Wildman–Crippen LogP) is 3.61. The number of aryl methyl sites for hydroxylation is 2. The molecule has 0 unspecified atom stereocenters. The maximum atomic E-state index is 12.0. The predicted molar refractivity (Wildman–Crippen MR) is 105 cm³/mol. The number of carbonyl (C=O) groups excluding carboxylic acids is 1. The van der Waals surface area contributed by atoms with Crippen molar-refractivity contribution < 1.29 is 4.79 Å². The lowest BCUT2D eigenvalue weighted by atomic mass is 10.1. The average molecular weight is 369 g/mol. The smallest absolute Gasteiger partial charge is 0.244 e. The van der Waals surface area contributed by atoms with Crippen LogP contribution in [0.2, 0.25) is 5.02 Å². The van der Waals surface area contributed by atoms with Crippen molar-refractivity contribution in [2.24, 2.45) is 7.05 Å². The Hall–Kier alpha value is -2.66. The summed E-state index contributed by atoms with van der Waals surface area (Å²) in [6.45, 7) is 4.59. The van der Waals surface area contributed by atoms with E-state index in [2.05, 4.69) is 15.4 Å². The Labute approximate surface area is 157 Å². The number of amides is 1. The molecule has 0 radical (unpaired) electrons. The lowest BCUT2D eigenvalue weighted by Crippen LogP contribution is -2.23. The average Bonchev–Trinajstić information content (AvgIpc) is 2.85. The second-order valence-electron chi connectivity index (χ2n) is 6.22.